The summed E-state index contributed by atoms with van der Waals surface area (Å²) in [7, 11) is -3.57. The molecule has 0 spiro atoms. The van der Waals surface area contributed by atoms with Gasteiger partial charge in [-0.25, -0.2) is 8.42 Å². The molecule has 2 unspecified atom stereocenters. The molecule has 8 heteroatoms. The maximum atomic E-state index is 12.6. The van der Waals surface area contributed by atoms with Gasteiger partial charge in [0.15, 0.2) is 0 Å². The fourth-order valence-electron chi connectivity index (χ4n) is 2.26. The van der Waals surface area contributed by atoms with Gasteiger partial charge in [-0.1, -0.05) is 17.7 Å². The van der Waals surface area contributed by atoms with Gasteiger partial charge >= 0.3 is 0 Å². The normalized spacial score (nSPS) is 21.5. The predicted octanol–water partition coefficient (Wildman–Crippen LogP) is 2.88. The quantitative estimate of drug-likeness (QED) is 0.843. The van der Waals surface area contributed by atoms with Crippen molar-refractivity contribution in [2.45, 2.75) is 24.3 Å². The summed E-state index contributed by atoms with van der Waals surface area (Å²) < 4.78 is 27.2. The molecule has 2 rings (SSSR count). The van der Waals surface area contributed by atoms with Crippen LogP contribution in [0.25, 0.3) is 0 Å². The van der Waals surface area contributed by atoms with Crippen molar-refractivity contribution in [3.63, 3.8) is 0 Å². The Labute approximate surface area is 139 Å². The summed E-state index contributed by atoms with van der Waals surface area (Å²) in [6, 6.07) is 4.96. The van der Waals surface area contributed by atoms with Gasteiger partial charge in [0.2, 0.25) is 10.0 Å². The Bertz CT molecular complexity index is 561. The maximum Gasteiger partial charge on any atom is 0.245 e. The highest BCUT2D eigenvalue weighted by molar-refractivity contribution is 9.10. The molecule has 4 nitrogen and oxygen atoms in total. The maximum absolute atomic E-state index is 12.6. The van der Waals surface area contributed by atoms with Crippen molar-refractivity contribution >= 4 is 50.0 Å². The molecule has 0 aliphatic carbocycles. The molecule has 1 fully saturated rings. The van der Waals surface area contributed by atoms with Gasteiger partial charge in [0.25, 0.3) is 0 Å². The van der Waals surface area contributed by atoms with Gasteiger partial charge in [-0.3, -0.25) is 0 Å². The van der Waals surface area contributed by atoms with E-state index in [0.717, 1.165) is 6.42 Å². The molecule has 1 aliphatic heterocycles. The van der Waals surface area contributed by atoms with E-state index in [1.54, 1.807) is 18.2 Å². The predicted molar refractivity (Wildman–Crippen MR) is 86.9 cm³/mol. The zero-order valence-corrected chi connectivity index (χ0v) is 14.9. The molecule has 0 bridgehead atoms. The second-order valence-corrected chi connectivity index (χ2v) is 7.96. The Balaban J connectivity index is 0.00000200. The molecule has 1 aromatic carbocycles. The molecule has 0 radical (unpaired) electrons. The van der Waals surface area contributed by atoms with Crippen LogP contribution in [0, 0.1) is 5.92 Å². The molecular weight excluding hydrogens is 387 g/mol. The first-order chi connectivity index (χ1) is 8.84. The van der Waals surface area contributed by atoms with Crippen LogP contribution >= 0.6 is 39.9 Å². The molecule has 2 N–H and O–H groups in total. The van der Waals surface area contributed by atoms with Crippen LogP contribution in [0.2, 0.25) is 5.02 Å². The summed E-state index contributed by atoms with van der Waals surface area (Å²) in [5.41, 5.74) is 5.84. The van der Waals surface area contributed by atoms with Crippen molar-refractivity contribution in [2.75, 3.05) is 13.1 Å². The summed E-state index contributed by atoms with van der Waals surface area (Å²) in [4.78, 5) is 0.141. The molecule has 0 amide bonds. The highest BCUT2D eigenvalue weighted by atomic mass is 79.9. The monoisotopic (exact) mass is 402 g/mol. The first-order valence-electron chi connectivity index (χ1n) is 6.03. The first-order valence-corrected chi connectivity index (χ1v) is 8.65. The molecule has 0 saturated carbocycles. The van der Waals surface area contributed by atoms with Crippen LogP contribution in [0.3, 0.4) is 0 Å². The number of rotatable bonds is 3. The Morgan fingerprint density at radius 2 is 2.15 bits per heavy atom. The fourth-order valence-corrected chi connectivity index (χ4v) is 5.44. The summed E-state index contributed by atoms with van der Waals surface area (Å²) >= 11 is 9.29. The number of nitrogens with zero attached hydrogens (tertiary/aromatic N) is 1. The third-order valence-corrected chi connectivity index (χ3v) is 6.77. The Hall–Kier alpha value is 0.150. The van der Waals surface area contributed by atoms with Gasteiger partial charge in [-0.15, -0.1) is 12.4 Å². The number of sulfonamides is 1. The summed E-state index contributed by atoms with van der Waals surface area (Å²) in [6.07, 6.45) is 0.791. The lowest BCUT2D eigenvalue weighted by Gasteiger charge is -2.19. The number of benzene rings is 1. The zero-order chi connectivity index (χ0) is 14.2. The molecule has 0 aromatic heterocycles. The minimum atomic E-state index is -3.57. The Morgan fingerprint density at radius 3 is 2.65 bits per heavy atom. The average molecular weight is 404 g/mol. The van der Waals surface area contributed by atoms with Crippen molar-refractivity contribution in [1.82, 2.24) is 4.31 Å². The third kappa shape index (κ3) is 3.48. The van der Waals surface area contributed by atoms with Crippen LogP contribution in [0.1, 0.15) is 13.3 Å². The van der Waals surface area contributed by atoms with Gasteiger partial charge in [0.05, 0.1) is 5.02 Å². The van der Waals surface area contributed by atoms with Crippen molar-refractivity contribution in [1.29, 1.82) is 0 Å². The molecule has 1 aromatic rings. The van der Waals surface area contributed by atoms with E-state index in [0.29, 0.717) is 17.6 Å². The Morgan fingerprint density at radius 1 is 1.50 bits per heavy atom. The summed E-state index contributed by atoms with van der Waals surface area (Å²) in [5, 5.41) is 0.235. The van der Waals surface area contributed by atoms with Crippen molar-refractivity contribution < 1.29 is 8.42 Å². The highest BCUT2D eigenvalue weighted by Gasteiger charge is 2.35. The number of hydrogen-bond donors (Lipinski definition) is 1. The van der Waals surface area contributed by atoms with Crippen molar-refractivity contribution in [2.24, 2.45) is 11.7 Å². The topological polar surface area (TPSA) is 63.4 Å². The molecule has 1 heterocycles. The van der Waals surface area contributed by atoms with Crippen molar-refractivity contribution in [3.05, 3.63) is 27.7 Å². The SMILES string of the molecule is CC(N)C1CCN(S(=O)(=O)c2c(Cl)cccc2Br)C1.Cl. The minimum absolute atomic E-state index is 0. The van der Waals surface area contributed by atoms with E-state index in [1.807, 2.05) is 6.92 Å². The van der Waals surface area contributed by atoms with Crippen LogP contribution < -0.4 is 5.73 Å². The largest absolute Gasteiger partial charge is 0.328 e. The lowest BCUT2D eigenvalue weighted by atomic mass is 10.0. The van der Waals surface area contributed by atoms with Crippen LogP contribution in [-0.4, -0.2) is 31.9 Å². The highest BCUT2D eigenvalue weighted by Crippen LogP contribution is 2.34. The third-order valence-electron chi connectivity index (χ3n) is 3.45. The van der Waals surface area contributed by atoms with E-state index in [4.69, 9.17) is 17.3 Å². The van der Waals surface area contributed by atoms with Gasteiger partial charge in [-0.05, 0) is 47.3 Å². The van der Waals surface area contributed by atoms with Crippen LogP contribution in [0.5, 0.6) is 0 Å². The molecular formula is C12H17BrCl2N2O2S. The number of halogens is 3. The Kier molecular flexibility index (Phi) is 6.32. The average Bonchev–Trinajstić information content (AvgIpc) is 2.78. The molecule has 114 valence electrons. The van der Waals surface area contributed by atoms with E-state index in [1.165, 1.54) is 4.31 Å². The van der Waals surface area contributed by atoms with Crippen molar-refractivity contribution in [3.8, 4) is 0 Å². The van der Waals surface area contributed by atoms with Crippen LogP contribution in [0.15, 0.2) is 27.6 Å². The van der Waals surface area contributed by atoms with Gasteiger partial charge < -0.3 is 5.73 Å². The van der Waals surface area contributed by atoms with Crippen LogP contribution in [-0.2, 0) is 10.0 Å². The standard InChI is InChI=1S/C12H16BrClN2O2S.ClH/c1-8(15)9-5-6-16(7-9)19(17,18)12-10(13)3-2-4-11(12)14;/h2-4,8-9H,5-7,15H2,1H3;1H. The zero-order valence-electron chi connectivity index (χ0n) is 10.9. The first kappa shape index (κ1) is 18.2. The molecule has 2 atom stereocenters. The number of hydrogen-bond acceptors (Lipinski definition) is 3. The molecule has 1 aliphatic rings. The second kappa shape index (κ2) is 6.94. The molecule has 1 saturated heterocycles. The summed E-state index contributed by atoms with van der Waals surface area (Å²) in [5.74, 6) is 0.205. The minimum Gasteiger partial charge on any atom is -0.328 e. The van der Waals surface area contributed by atoms with Gasteiger partial charge in [-0.2, -0.15) is 4.31 Å². The van der Waals surface area contributed by atoms with E-state index >= 15 is 0 Å². The van der Waals surface area contributed by atoms with Crippen LogP contribution in [0.4, 0.5) is 0 Å². The van der Waals surface area contributed by atoms with E-state index in [-0.39, 0.29) is 34.3 Å². The van der Waals surface area contributed by atoms with Gasteiger partial charge in [0.1, 0.15) is 4.90 Å². The second-order valence-electron chi connectivity index (χ2n) is 4.82. The lowest BCUT2D eigenvalue weighted by Crippen LogP contribution is -2.33. The summed E-state index contributed by atoms with van der Waals surface area (Å²) in [6.45, 7) is 2.86. The van der Waals surface area contributed by atoms with E-state index < -0.39 is 10.0 Å². The molecule has 20 heavy (non-hydrogen) atoms. The van der Waals surface area contributed by atoms with E-state index in [9.17, 15) is 8.42 Å². The van der Waals surface area contributed by atoms with Gasteiger partial charge in [0, 0.05) is 23.6 Å². The fraction of sp³-hybridized carbons (Fsp3) is 0.500. The smallest absolute Gasteiger partial charge is 0.245 e. The van der Waals surface area contributed by atoms with E-state index in [2.05, 4.69) is 15.9 Å². The number of nitrogens with two attached hydrogens (primary N) is 1. The lowest BCUT2D eigenvalue weighted by molar-refractivity contribution is 0.429.